The van der Waals surface area contributed by atoms with Gasteiger partial charge in [0.15, 0.2) is 0 Å². The molecule has 0 saturated heterocycles. The highest BCUT2D eigenvalue weighted by atomic mass is 35.5. The summed E-state index contributed by atoms with van der Waals surface area (Å²) in [4.78, 5) is 23.5. The van der Waals surface area contributed by atoms with Crippen LogP contribution >= 0.6 is 11.6 Å². The van der Waals surface area contributed by atoms with Crippen molar-refractivity contribution in [3.63, 3.8) is 0 Å². The van der Waals surface area contributed by atoms with E-state index in [2.05, 4.69) is 10.6 Å². The van der Waals surface area contributed by atoms with Gasteiger partial charge in [-0.3, -0.25) is 9.59 Å². The first-order valence-corrected chi connectivity index (χ1v) is 8.27. The number of alkyl halides is 3. The number of hydrogen-bond donors (Lipinski definition) is 2. The standard InChI is InChI=1S/C19H16ClF3N2O2/c20-14-6-8-15(9-7-14)25-18(27)16(12-13-4-2-1-3-5-13)24-11-10-17(26)19(21,22)23/h1-11,16,24H,12H2,(H,25,27). The molecule has 2 aromatic rings. The zero-order valence-corrected chi connectivity index (χ0v) is 14.7. The van der Waals surface area contributed by atoms with Crippen molar-refractivity contribution in [1.29, 1.82) is 0 Å². The van der Waals surface area contributed by atoms with Crippen molar-refractivity contribution < 1.29 is 22.8 Å². The summed E-state index contributed by atoms with van der Waals surface area (Å²) in [5.74, 6) is -2.48. The first kappa shape index (κ1) is 20.5. The highest BCUT2D eigenvalue weighted by Gasteiger charge is 2.36. The third-order valence-electron chi connectivity index (χ3n) is 3.52. The fraction of sp³-hybridized carbons (Fsp3) is 0.158. The number of anilines is 1. The lowest BCUT2D eigenvalue weighted by Gasteiger charge is -2.17. The summed E-state index contributed by atoms with van der Waals surface area (Å²) in [7, 11) is 0. The topological polar surface area (TPSA) is 58.2 Å². The summed E-state index contributed by atoms with van der Waals surface area (Å²) in [6.07, 6.45) is -3.55. The monoisotopic (exact) mass is 396 g/mol. The molecule has 1 atom stereocenters. The third kappa shape index (κ3) is 6.79. The molecule has 27 heavy (non-hydrogen) atoms. The van der Waals surface area contributed by atoms with E-state index in [4.69, 9.17) is 11.6 Å². The number of halogens is 4. The largest absolute Gasteiger partial charge is 0.454 e. The Labute approximate surface area is 159 Å². The van der Waals surface area contributed by atoms with Crippen LogP contribution in [0.1, 0.15) is 5.56 Å². The average Bonchev–Trinajstić information content (AvgIpc) is 2.62. The van der Waals surface area contributed by atoms with Gasteiger partial charge in [0.25, 0.3) is 5.78 Å². The second-order valence-corrected chi connectivity index (χ2v) is 6.04. The van der Waals surface area contributed by atoms with Crippen molar-refractivity contribution in [2.24, 2.45) is 0 Å². The van der Waals surface area contributed by atoms with Gasteiger partial charge in [-0.05, 0) is 29.8 Å². The van der Waals surface area contributed by atoms with Gasteiger partial charge in [0, 0.05) is 29.4 Å². The number of carbonyl (C=O) groups excluding carboxylic acids is 2. The molecule has 1 unspecified atom stereocenters. The normalized spacial score (nSPS) is 12.6. The zero-order chi connectivity index (χ0) is 19.9. The van der Waals surface area contributed by atoms with Crippen LogP contribution < -0.4 is 10.6 Å². The molecule has 0 bridgehead atoms. The minimum absolute atomic E-state index is 0.213. The molecule has 0 heterocycles. The van der Waals surface area contributed by atoms with E-state index in [0.29, 0.717) is 16.8 Å². The molecular weight excluding hydrogens is 381 g/mol. The van der Waals surface area contributed by atoms with Gasteiger partial charge in [0.05, 0.1) is 0 Å². The van der Waals surface area contributed by atoms with Crippen LogP contribution in [0.5, 0.6) is 0 Å². The van der Waals surface area contributed by atoms with Crippen molar-refractivity contribution in [3.05, 3.63) is 77.5 Å². The Hall–Kier alpha value is -2.80. The molecule has 0 aliphatic rings. The van der Waals surface area contributed by atoms with Gasteiger partial charge in [-0.25, -0.2) is 0 Å². The van der Waals surface area contributed by atoms with Crippen LogP contribution in [0.2, 0.25) is 5.02 Å². The van der Waals surface area contributed by atoms with Gasteiger partial charge in [-0.15, -0.1) is 0 Å². The summed E-state index contributed by atoms with van der Waals surface area (Å²) in [6, 6.07) is 14.5. The predicted molar refractivity (Wildman–Crippen MR) is 97.4 cm³/mol. The Morgan fingerprint density at radius 3 is 2.26 bits per heavy atom. The molecule has 0 aliphatic heterocycles. The molecule has 1 amide bonds. The fourth-order valence-corrected chi connectivity index (χ4v) is 2.30. The number of hydrogen-bond acceptors (Lipinski definition) is 3. The van der Waals surface area contributed by atoms with E-state index in [9.17, 15) is 22.8 Å². The number of carbonyl (C=O) groups is 2. The first-order valence-electron chi connectivity index (χ1n) is 7.90. The Morgan fingerprint density at radius 1 is 1.04 bits per heavy atom. The number of benzene rings is 2. The smallest absolute Gasteiger partial charge is 0.379 e. The average molecular weight is 397 g/mol. The number of rotatable bonds is 7. The molecular formula is C19H16ClF3N2O2. The van der Waals surface area contributed by atoms with E-state index < -0.39 is 23.9 Å². The van der Waals surface area contributed by atoms with Gasteiger partial charge >= 0.3 is 6.18 Å². The van der Waals surface area contributed by atoms with E-state index in [-0.39, 0.29) is 6.42 Å². The SMILES string of the molecule is O=C(Nc1ccc(Cl)cc1)C(Cc1ccccc1)NC=CC(=O)C(F)(F)F. The Kier molecular flexibility index (Phi) is 7.01. The molecule has 142 valence electrons. The maximum atomic E-state index is 12.5. The Balaban J connectivity index is 2.10. The highest BCUT2D eigenvalue weighted by molar-refractivity contribution is 6.30. The van der Waals surface area contributed by atoms with Gasteiger partial charge in [0.1, 0.15) is 6.04 Å². The van der Waals surface area contributed by atoms with Crippen molar-refractivity contribution in [2.75, 3.05) is 5.32 Å². The summed E-state index contributed by atoms with van der Waals surface area (Å²) in [6.45, 7) is 0. The Bertz CT molecular complexity index is 806. The van der Waals surface area contributed by atoms with Crippen LogP contribution in [-0.4, -0.2) is 23.9 Å². The molecule has 0 spiro atoms. The molecule has 2 N–H and O–H groups in total. The summed E-state index contributed by atoms with van der Waals surface area (Å²) in [5.41, 5.74) is 1.29. The van der Waals surface area contributed by atoms with E-state index in [1.165, 1.54) is 0 Å². The summed E-state index contributed by atoms with van der Waals surface area (Å²) in [5, 5.41) is 5.72. The van der Waals surface area contributed by atoms with Gasteiger partial charge in [-0.1, -0.05) is 41.9 Å². The van der Waals surface area contributed by atoms with Crippen LogP contribution in [0.25, 0.3) is 0 Å². The van der Waals surface area contributed by atoms with Crippen LogP contribution in [-0.2, 0) is 16.0 Å². The summed E-state index contributed by atoms with van der Waals surface area (Å²) < 4.78 is 36.8. The van der Waals surface area contributed by atoms with Crippen LogP contribution in [0.4, 0.5) is 18.9 Å². The molecule has 0 aliphatic carbocycles. The van der Waals surface area contributed by atoms with E-state index in [0.717, 1.165) is 11.8 Å². The van der Waals surface area contributed by atoms with Crippen molar-refractivity contribution in [3.8, 4) is 0 Å². The molecule has 0 saturated carbocycles. The van der Waals surface area contributed by atoms with E-state index >= 15 is 0 Å². The van der Waals surface area contributed by atoms with Crippen LogP contribution in [0, 0.1) is 0 Å². The minimum Gasteiger partial charge on any atom is -0.379 e. The van der Waals surface area contributed by atoms with Crippen molar-refractivity contribution in [1.82, 2.24) is 5.32 Å². The van der Waals surface area contributed by atoms with Crippen molar-refractivity contribution in [2.45, 2.75) is 18.6 Å². The van der Waals surface area contributed by atoms with Gasteiger partial charge < -0.3 is 10.6 Å². The van der Waals surface area contributed by atoms with Crippen LogP contribution in [0.15, 0.2) is 66.9 Å². The second kappa shape index (κ2) is 9.23. The lowest BCUT2D eigenvalue weighted by Crippen LogP contribution is -2.39. The maximum absolute atomic E-state index is 12.5. The van der Waals surface area contributed by atoms with Crippen molar-refractivity contribution >= 4 is 29.0 Å². The number of amides is 1. The quantitative estimate of drug-likeness (QED) is 0.692. The molecule has 2 rings (SSSR count). The lowest BCUT2D eigenvalue weighted by atomic mass is 10.1. The first-order chi connectivity index (χ1) is 12.8. The van der Waals surface area contributed by atoms with E-state index in [1.54, 1.807) is 48.5 Å². The fourth-order valence-electron chi connectivity index (χ4n) is 2.17. The molecule has 0 aromatic heterocycles. The predicted octanol–water partition coefficient (Wildman–Crippen LogP) is 4.12. The minimum atomic E-state index is -4.96. The molecule has 8 heteroatoms. The Morgan fingerprint density at radius 2 is 1.67 bits per heavy atom. The maximum Gasteiger partial charge on any atom is 0.454 e. The number of nitrogens with one attached hydrogen (secondary N) is 2. The zero-order valence-electron chi connectivity index (χ0n) is 14.0. The number of ketones is 1. The van der Waals surface area contributed by atoms with Gasteiger partial charge in [-0.2, -0.15) is 13.2 Å². The molecule has 4 nitrogen and oxygen atoms in total. The van der Waals surface area contributed by atoms with Gasteiger partial charge in [0.2, 0.25) is 5.91 Å². The van der Waals surface area contributed by atoms with E-state index in [1.807, 2.05) is 6.07 Å². The summed E-state index contributed by atoms with van der Waals surface area (Å²) >= 11 is 5.80. The number of allylic oxidation sites excluding steroid dienone is 1. The lowest BCUT2D eigenvalue weighted by molar-refractivity contribution is -0.165. The molecule has 2 aromatic carbocycles. The second-order valence-electron chi connectivity index (χ2n) is 5.60. The molecule has 0 radical (unpaired) electrons. The third-order valence-corrected chi connectivity index (χ3v) is 3.77. The highest BCUT2D eigenvalue weighted by Crippen LogP contribution is 2.16. The molecule has 0 fully saturated rings. The van der Waals surface area contributed by atoms with Crippen LogP contribution in [0.3, 0.4) is 0 Å².